The molecule has 2 aromatic carbocycles. The molecule has 2 fully saturated rings. The molecule has 0 unspecified atom stereocenters. The second-order valence-corrected chi connectivity index (χ2v) is 12.0. The van der Waals surface area contributed by atoms with Crippen LogP contribution in [0.2, 0.25) is 0 Å². The van der Waals surface area contributed by atoms with Crippen molar-refractivity contribution in [3.63, 3.8) is 0 Å². The predicted octanol–water partition coefficient (Wildman–Crippen LogP) is -0.815. The molecule has 0 radical (unpaired) electrons. The van der Waals surface area contributed by atoms with Gasteiger partial charge in [0.25, 0.3) is 0 Å². The van der Waals surface area contributed by atoms with Crippen molar-refractivity contribution < 1.29 is 92.3 Å². The molecule has 4 rings (SSSR count). The molecule has 2 heterocycles. The smallest absolute Gasteiger partial charge is 0.331 e. The average molecular weight is 783 g/mol. The molecular formula is C36H46O19. The molecule has 0 saturated carbocycles. The molecule has 0 amide bonds. The van der Waals surface area contributed by atoms with Crippen LogP contribution in [0.15, 0.2) is 36.4 Å². The summed E-state index contributed by atoms with van der Waals surface area (Å²) in [4.78, 5) is 25.7. The van der Waals surface area contributed by atoms with Gasteiger partial charge in [-0.15, -0.1) is 0 Å². The zero-order valence-corrected chi connectivity index (χ0v) is 30.8. The summed E-state index contributed by atoms with van der Waals surface area (Å²) in [7, 11) is 8.54. The highest BCUT2D eigenvalue weighted by Crippen LogP contribution is 2.41. The summed E-state index contributed by atoms with van der Waals surface area (Å²) >= 11 is 0. The van der Waals surface area contributed by atoms with Crippen LogP contribution in [-0.2, 0) is 33.3 Å². The van der Waals surface area contributed by atoms with Crippen molar-refractivity contribution in [2.45, 2.75) is 54.8 Å². The van der Waals surface area contributed by atoms with E-state index in [0.717, 1.165) is 12.2 Å². The molecule has 0 aromatic heterocycles. The standard InChI is InChI=1S/C36H46O19/c1-45-20-11-18(12-21(46-2)32(20)49-5)7-9-26(39)51-16-25-28(41)30(43)31(44)35(52-25)55-36(17-38)34(29(42)24(15-37)54-36)53-27(40)10-8-19-13-22(47-3)33(50-6)23(14-19)48-4/h7-14,24-25,28-31,34-35,37-38,41-44H,15-17H2,1-6H3/b9-7+,10-8+/t24-,25-,28-,29-,30+,31-,34+,35-,36+/m1/s1. The minimum Gasteiger partial charge on any atom is -0.493 e. The third-order valence-corrected chi connectivity index (χ3v) is 8.69. The number of methoxy groups -OCH3 is 6. The van der Waals surface area contributed by atoms with E-state index in [2.05, 4.69) is 0 Å². The van der Waals surface area contributed by atoms with Gasteiger partial charge >= 0.3 is 11.9 Å². The maximum absolute atomic E-state index is 13.0. The minimum absolute atomic E-state index is 0.298. The monoisotopic (exact) mass is 782 g/mol. The Labute approximate surface area is 315 Å². The van der Waals surface area contributed by atoms with Crippen LogP contribution in [0, 0.1) is 0 Å². The number of aliphatic hydroxyl groups excluding tert-OH is 6. The first kappa shape index (κ1) is 43.0. The van der Waals surface area contributed by atoms with Crippen molar-refractivity contribution in [1.82, 2.24) is 0 Å². The van der Waals surface area contributed by atoms with Crippen LogP contribution < -0.4 is 28.4 Å². The third-order valence-electron chi connectivity index (χ3n) is 8.69. The van der Waals surface area contributed by atoms with Gasteiger partial charge in [0, 0.05) is 12.2 Å². The fourth-order valence-corrected chi connectivity index (χ4v) is 5.86. The van der Waals surface area contributed by atoms with Crippen LogP contribution in [0.5, 0.6) is 34.5 Å². The van der Waals surface area contributed by atoms with Crippen molar-refractivity contribution >= 4 is 24.1 Å². The summed E-state index contributed by atoms with van der Waals surface area (Å²) in [5, 5.41) is 63.4. The lowest BCUT2D eigenvalue weighted by Crippen LogP contribution is -2.63. The van der Waals surface area contributed by atoms with Crippen LogP contribution in [0.3, 0.4) is 0 Å². The first-order valence-corrected chi connectivity index (χ1v) is 16.6. The fraction of sp³-hybridized carbons (Fsp3) is 0.500. The number of hydrogen-bond acceptors (Lipinski definition) is 19. The van der Waals surface area contributed by atoms with Crippen LogP contribution in [0.25, 0.3) is 12.2 Å². The molecule has 19 heteroatoms. The molecule has 2 aromatic rings. The minimum atomic E-state index is -2.49. The molecule has 55 heavy (non-hydrogen) atoms. The normalized spacial score (nSPS) is 27.9. The fourth-order valence-electron chi connectivity index (χ4n) is 5.86. The molecular weight excluding hydrogens is 736 g/mol. The van der Waals surface area contributed by atoms with E-state index in [-0.39, 0.29) is 0 Å². The van der Waals surface area contributed by atoms with Gasteiger partial charge in [0.1, 0.15) is 49.8 Å². The van der Waals surface area contributed by atoms with Crippen LogP contribution in [0.4, 0.5) is 0 Å². The Kier molecular flexibility index (Phi) is 15.1. The molecule has 0 bridgehead atoms. The Hall–Kier alpha value is -4.70. The van der Waals surface area contributed by atoms with Crippen molar-refractivity contribution in [3.05, 3.63) is 47.5 Å². The second kappa shape index (κ2) is 19.2. The lowest BCUT2D eigenvalue weighted by molar-refractivity contribution is -0.383. The number of carbonyl (C=O) groups excluding carboxylic acids is 2. The Morgan fingerprint density at radius 2 is 1.16 bits per heavy atom. The first-order valence-electron chi connectivity index (χ1n) is 16.6. The van der Waals surface area contributed by atoms with Gasteiger partial charge in [0.2, 0.25) is 17.3 Å². The highest BCUT2D eigenvalue weighted by atomic mass is 16.8. The van der Waals surface area contributed by atoms with Gasteiger partial charge < -0.3 is 82.7 Å². The van der Waals surface area contributed by atoms with E-state index in [1.165, 1.54) is 54.8 Å². The van der Waals surface area contributed by atoms with Crippen LogP contribution in [-0.4, -0.2) is 160 Å². The summed E-state index contributed by atoms with van der Waals surface area (Å²) in [6, 6.07) is 6.25. The Morgan fingerprint density at radius 1 is 0.673 bits per heavy atom. The van der Waals surface area contributed by atoms with Crippen LogP contribution >= 0.6 is 0 Å². The van der Waals surface area contributed by atoms with Gasteiger partial charge in [-0.2, -0.15) is 0 Å². The SMILES string of the molecule is COc1cc(/C=C/C(=O)OC[C@H]2O[C@H](O[C@]3(CO)O[C@H](CO)[C@@H](O)[C@@H]3OC(=O)/C=C/c3cc(OC)c(OC)c(OC)c3)[C@H](O)[C@@H](O)[C@@H]2O)cc(OC)c1OC. The maximum Gasteiger partial charge on any atom is 0.331 e. The average Bonchev–Trinajstić information content (AvgIpc) is 3.46. The third kappa shape index (κ3) is 9.58. The number of hydrogen-bond donors (Lipinski definition) is 6. The number of ether oxygens (including phenoxy) is 11. The van der Waals surface area contributed by atoms with Crippen molar-refractivity contribution in [2.24, 2.45) is 0 Å². The van der Waals surface area contributed by atoms with Crippen molar-refractivity contribution in [2.75, 3.05) is 62.5 Å². The number of esters is 2. The zero-order chi connectivity index (χ0) is 40.4. The van der Waals surface area contributed by atoms with E-state index in [1.807, 2.05) is 0 Å². The van der Waals surface area contributed by atoms with Gasteiger partial charge in [-0.05, 0) is 47.5 Å². The second-order valence-electron chi connectivity index (χ2n) is 12.0. The van der Waals surface area contributed by atoms with Gasteiger partial charge in [-0.1, -0.05) is 0 Å². The molecule has 304 valence electrons. The highest BCUT2D eigenvalue weighted by molar-refractivity contribution is 5.88. The number of carbonyl (C=O) groups is 2. The first-order chi connectivity index (χ1) is 26.3. The van der Waals surface area contributed by atoms with Gasteiger partial charge in [0.15, 0.2) is 35.4 Å². The van der Waals surface area contributed by atoms with Crippen molar-refractivity contribution in [3.8, 4) is 34.5 Å². The number of aliphatic hydroxyl groups is 6. The summed E-state index contributed by atoms with van der Waals surface area (Å²) < 4.78 is 59.5. The van der Waals surface area contributed by atoms with E-state index in [9.17, 15) is 40.2 Å². The largest absolute Gasteiger partial charge is 0.493 e. The molecule has 2 aliphatic heterocycles. The Bertz CT molecular complexity index is 1630. The number of benzene rings is 2. The van der Waals surface area contributed by atoms with Gasteiger partial charge in [-0.3, -0.25) is 0 Å². The Morgan fingerprint density at radius 3 is 1.60 bits per heavy atom. The molecule has 0 aliphatic carbocycles. The highest BCUT2D eigenvalue weighted by Gasteiger charge is 2.60. The Balaban J connectivity index is 1.49. The summed E-state index contributed by atoms with van der Waals surface area (Å²) in [5.74, 6) is -2.53. The molecule has 19 nitrogen and oxygen atoms in total. The van der Waals surface area contributed by atoms with E-state index >= 15 is 0 Å². The molecule has 2 aliphatic rings. The zero-order valence-electron chi connectivity index (χ0n) is 30.8. The summed E-state index contributed by atoms with van der Waals surface area (Å²) in [5.41, 5.74) is 0.899. The molecule has 0 spiro atoms. The molecule has 6 N–H and O–H groups in total. The topological polar surface area (TPSA) is 257 Å². The predicted molar refractivity (Wildman–Crippen MR) is 187 cm³/mol. The molecule has 2 saturated heterocycles. The van der Waals surface area contributed by atoms with E-state index in [0.29, 0.717) is 45.6 Å². The van der Waals surface area contributed by atoms with E-state index < -0.39 is 86.6 Å². The van der Waals surface area contributed by atoms with Gasteiger partial charge in [-0.25, -0.2) is 9.59 Å². The van der Waals surface area contributed by atoms with E-state index in [1.54, 1.807) is 24.3 Å². The van der Waals surface area contributed by atoms with E-state index in [4.69, 9.17) is 52.1 Å². The maximum atomic E-state index is 13.0. The van der Waals surface area contributed by atoms with Crippen LogP contribution in [0.1, 0.15) is 11.1 Å². The lowest BCUT2D eigenvalue weighted by atomic mass is 9.98. The lowest BCUT2D eigenvalue weighted by Gasteiger charge is -2.43. The van der Waals surface area contributed by atoms with Gasteiger partial charge in [0.05, 0.1) is 49.3 Å². The quantitative estimate of drug-likeness (QED) is 0.0847. The molecule has 9 atom stereocenters. The number of rotatable bonds is 17. The summed E-state index contributed by atoms with van der Waals surface area (Å²) in [6.07, 6.45) is -9.53. The van der Waals surface area contributed by atoms with Crippen molar-refractivity contribution in [1.29, 1.82) is 0 Å². The summed E-state index contributed by atoms with van der Waals surface area (Å²) in [6.45, 7) is -2.62.